The molecule has 0 unspecified atom stereocenters. The average molecular weight is 206 g/mol. The molecule has 0 bridgehead atoms. The van der Waals surface area contributed by atoms with E-state index >= 15 is 0 Å². The molecule has 0 saturated heterocycles. The van der Waals surface area contributed by atoms with Gasteiger partial charge in [0.1, 0.15) is 0 Å². The molecule has 0 spiro atoms. The molecule has 0 amide bonds. The molecule has 0 radical (unpaired) electrons. The largest absolute Gasteiger partial charge is 0.285 e. The maximum absolute atomic E-state index is 10.9. The standard InChI is InChI=1S/C9H18O3S/c10-13(11,12)9-7-5-3-1-2-4-6-8-9/h9H,1-8H2,(H,10,11,12). The van der Waals surface area contributed by atoms with Gasteiger partial charge in [0, 0.05) is 0 Å². The van der Waals surface area contributed by atoms with Crippen molar-refractivity contribution in [2.24, 2.45) is 0 Å². The van der Waals surface area contributed by atoms with Crippen LogP contribution >= 0.6 is 0 Å². The van der Waals surface area contributed by atoms with Crippen LogP contribution in [0, 0.1) is 0 Å². The molecule has 1 aliphatic carbocycles. The van der Waals surface area contributed by atoms with E-state index in [1.54, 1.807) is 0 Å². The van der Waals surface area contributed by atoms with Gasteiger partial charge in [0.15, 0.2) is 0 Å². The first-order valence-electron chi connectivity index (χ1n) is 5.07. The molecule has 0 aromatic heterocycles. The third kappa shape index (κ3) is 4.09. The van der Waals surface area contributed by atoms with Gasteiger partial charge in [-0.1, -0.05) is 38.5 Å². The minimum absolute atomic E-state index is 0.495. The van der Waals surface area contributed by atoms with Crippen LogP contribution in [0.15, 0.2) is 0 Å². The van der Waals surface area contributed by atoms with E-state index in [1.807, 2.05) is 0 Å². The molecular formula is C9H18O3S. The van der Waals surface area contributed by atoms with E-state index < -0.39 is 15.4 Å². The lowest BCUT2D eigenvalue weighted by Crippen LogP contribution is -2.20. The van der Waals surface area contributed by atoms with Crippen LogP contribution in [0.4, 0.5) is 0 Å². The Hall–Kier alpha value is -0.0900. The van der Waals surface area contributed by atoms with E-state index in [2.05, 4.69) is 0 Å². The molecule has 1 rings (SSSR count). The maximum Gasteiger partial charge on any atom is 0.267 e. The summed E-state index contributed by atoms with van der Waals surface area (Å²) in [4.78, 5) is 0. The highest BCUT2D eigenvalue weighted by Crippen LogP contribution is 2.21. The second-order valence-corrected chi connectivity index (χ2v) is 5.53. The molecule has 1 fully saturated rings. The van der Waals surface area contributed by atoms with Gasteiger partial charge < -0.3 is 0 Å². The van der Waals surface area contributed by atoms with Crippen molar-refractivity contribution in [3.05, 3.63) is 0 Å². The van der Waals surface area contributed by atoms with Crippen molar-refractivity contribution < 1.29 is 13.0 Å². The molecule has 1 N–H and O–H groups in total. The third-order valence-corrected chi connectivity index (χ3v) is 4.04. The van der Waals surface area contributed by atoms with E-state index in [4.69, 9.17) is 4.55 Å². The van der Waals surface area contributed by atoms with Crippen LogP contribution in [0.25, 0.3) is 0 Å². The van der Waals surface area contributed by atoms with E-state index in [-0.39, 0.29) is 0 Å². The molecule has 0 aromatic carbocycles. The van der Waals surface area contributed by atoms with Crippen molar-refractivity contribution in [2.75, 3.05) is 0 Å². The van der Waals surface area contributed by atoms with Crippen molar-refractivity contribution in [2.45, 2.75) is 56.6 Å². The fraction of sp³-hybridized carbons (Fsp3) is 1.00. The summed E-state index contributed by atoms with van der Waals surface area (Å²) in [6, 6.07) is 0. The third-order valence-electron chi connectivity index (χ3n) is 2.72. The highest BCUT2D eigenvalue weighted by molar-refractivity contribution is 7.86. The van der Waals surface area contributed by atoms with Crippen LogP contribution in [0.3, 0.4) is 0 Å². The minimum Gasteiger partial charge on any atom is -0.285 e. The molecule has 1 saturated carbocycles. The van der Waals surface area contributed by atoms with Crippen LogP contribution in [0.2, 0.25) is 0 Å². The SMILES string of the molecule is O=S(=O)(O)C1CCCCCCCC1. The van der Waals surface area contributed by atoms with Crippen molar-refractivity contribution in [3.8, 4) is 0 Å². The Morgan fingerprint density at radius 2 is 1.23 bits per heavy atom. The summed E-state index contributed by atoms with van der Waals surface area (Å²) in [7, 11) is -3.78. The van der Waals surface area contributed by atoms with Gasteiger partial charge >= 0.3 is 0 Å². The second kappa shape index (κ2) is 4.96. The van der Waals surface area contributed by atoms with E-state index in [0.717, 1.165) is 25.7 Å². The van der Waals surface area contributed by atoms with Gasteiger partial charge in [-0.15, -0.1) is 0 Å². The fourth-order valence-corrected chi connectivity index (χ4v) is 2.82. The van der Waals surface area contributed by atoms with Crippen molar-refractivity contribution in [1.29, 1.82) is 0 Å². The van der Waals surface area contributed by atoms with Crippen molar-refractivity contribution in [1.82, 2.24) is 0 Å². The zero-order valence-electron chi connectivity index (χ0n) is 7.91. The van der Waals surface area contributed by atoms with Crippen molar-refractivity contribution >= 4 is 10.1 Å². The first kappa shape index (κ1) is 11.0. The van der Waals surface area contributed by atoms with E-state index in [0.29, 0.717) is 12.8 Å². The molecule has 3 nitrogen and oxygen atoms in total. The van der Waals surface area contributed by atoms with Gasteiger partial charge in [-0.3, -0.25) is 4.55 Å². The molecule has 0 aliphatic heterocycles. The van der Waals surface area contributed by atoms with Crippen molar-refractivity contribution in [3.63, 3.8) is 0 Å². The zero-order valence-corrected chi connectivity index (χ0v) is 8.72. The highest BCUT2D eigenvalue weighted by atomic mass is 32.2. The number of rotatable bonds is 1. The predicted octanol–water partition coefficient (Wildman–Crippen LogP) is 2.38. The quantitative estimate of drug-likeness (QED) is 0.670. The first-order valence-corrected chi connectivity index (χ1v) is 6.57. The van der Waals surface area contributed by atoms with Gasteiger partial charge in [-0.2, -0.15) is 8.42 Å². The summed E-state index contributed by atoms with van der Waals surface area (Å²) in [5.74, 6) is 0. The Bertz CT molecular complexity index is 223. The topological polar surface area (TPSA) is 54.4 Å². The molecule has 13 heavy (non-hydrogen) atoms. The Balaban J connectivity index is 2.51. The van der Waals surface area contributed by atoms with Crippen LogP contribution in [0.5, 0.6) is 0 Å². The average Bonchev–Trinajstić information content (AvgIpc) is 2.14. The highest BCUT2D eigenvalue weighted by Gasteiger charge is 2.22. The van der Waals surface area contributed by atoms with Crippen LogP contribution < -0.4 is 0 Å². The van der Waals surface area contributed by atoms with Gasteiger partial charge in [-0.25, -0.2) is 0 Å². The second-order valence-electron chi connectivity index (χ2n) is 3.84. The summed E-state index contributed by atoms with van der Waals surface area (Å²) in [5, 5.41) is -0.495. The maximum atomic E-state index is 10.9. The summed E-state index contributed by atoms with van der Waals surface area (Å²) < 4.78 is 30.8. The van der Waals surface area contributed by atoms with E-state index in [1.165, 1.54) is 12.8 Å². The molecule has 4 heteroatoms. The fourth-order valence-electron chi connectivity index (χ4n) is 1.89. The van der Waals surface area contributed by atoms with Gasteiger partial charge in [0.2, 0.25) is 0 Å². The summed E-state index contributed by atoms with van der Waals surface area (Å²) in [5.41, 5.74) is 0. The first-order chi connectivity index (χ1) is 6.11. The van der Waals surface area contributed by atoms with Gasteiger partial charge in [0.05, 0.1) is 5.25 Å². The lowest BCUT2D eigenvalue weighted by Gasteiger charge is -2.11. The molecule has 0 heterocycles. The predicted molar refractivity (Wildman–Crippen MR) is 52.3 cm³/mol. The molecule has 78 valence electrons. The zero-order chi connectivity index (χ0) is 9.73. The normalized spacial score (nSPS) is 23.2. The lowest BCUT2D eigenvalue weighted by atomic mass is 10.1. The minimum atomic E-state index is -3.78. The summed E-state index contributed by atoms with van der Waals surface area (Å²) >= 11 is 0. The molecule has 1 aliphatic rings. The monoisotopic (exact) mass is 206 g/mol. The Labute approximate surface area is 80.3 Å². The Kier molecular flexibility index (Phi) is 4.19. The molecule has 0 aromatic rings. The van der Waals surface area contributed by atoms with Crippen LogP contribution in [0.1, 0.15) is 51.4 Å². The molecular weight excluding hydrogens is 188 g/mol. The number of hydrogen-bond acceptors (Lipinski definition) is 2. The van der Waals surface area contributed by atoms with E-state index in [9.17, 15) is 8.42 Å². The molecule has 0 atom stereocenters. The number of hydrogen-bond donors (Lipinski definition) is 1. The lowest BCUT2D eigenvalue weighted by molar-refractivity contribution is 0.451. The Morgan fingerprint density at radius 1 is 0.846 bits per heavy atom. The summed E-state index contributed by atoms with van der Waals surface area (Å²) in [6.07, 6.45) is 7.76. The van der Waals surface area contributed by atoms with Gasteiger partial charge in [0.25, 0.3) is 10.1 Å². The smallest absolute Gasteiger partial charge is 0.267 e. The van der Waals surface area contributed by atoms with Crippen LogP contribution in [-0.4, -0.2) is 18.2 Å². The van der Waals surface area contributed by atoms with Crippen LogP contribution in [-0.2, 0) is 10.1 Å². The van der Waals surface area contributed by atoms with Gasteiger partial charge in [-0.05, 0) is 12.8 Å². The summed E-state index contributed by atoms with van der Waals surface area (Å²) in [6.45, 7) is 0. The Morgan fingerprint density at radius 3 is 1.62 bits per heavy atom.